The standard InChI is InChI=1S/C17H28N2O3/c1-13(2)12-18-9-8-17(20)19-10-7-14-5-6-15(21-3)16(11-14)22-4/h5-6,11,13,18H,7-10,12H2,1-4H3,(H,19,20). The molecule has 5 nitrogen and oxygen atoms in total. The molecule has 0 radical (unpaired) electrons. The van der Waals surface area contributed by atoms with Crippen LogP contribution < -0.4 is 20.1 Å². The van der Waals surface area contributed by atoms with Gasteiger partial charge in [0.2, 0.25) is 5.91 Å². The van der Waals surface area contributed by atoms with Gasteiger partial charge in [-0.3, -0.25) is 4.79 Å². The molecule has 0 saturated heterocycles. The van der Waals surface area contributed by atoms with E-state index in [-0.39, 0.29) is 5.91 Å². The zero-order valence-corrected chi connectivity index (χ0v) is 14.1. The van der Waals surface area contributed by atoms with Crippen LogP contribution in [0.25, 0.3) is 0 Å². The third-order valence-corrected chi connectivity index (χ3v) is 3.27. The van der Waals surface area contributed by atoms with Gasteiger partial charge in [0.1, 0.15) is 0 Å². The topological polar surface area (TPSA) is 59.6 Å². The first kappa shape index (κ1) is 18.3. The molecule has 0 aliphatic carbocycles. The first-order valence-electron chi connectivity index (χ1n) is 7.75. The second kappa shape index (κ2) is 10.1. The van der Waals surface area contributed by atoms with Gasteiger partial charge in [-0.05, 0) is 36.6 Å². The van der Waals surface area contributed by atoms with Gasteiger partial charge in [-0.1, -0.05) is 19.9 Å². The van der Waals surface area contributed by atoms with Crippen LogP contribution in [0.1, 0.15) is 25.8 Å². The second-order valence-corrected chi connectivity index (χ2v) is 5.64. The Bertz CT molecular complexity index is 461. The summed E-state index contributed by atoms with van der Waals surface area (Å²) in [5, 5.41) is 6.19. The highest BCUT2D eigenvalue weighted by Gasteiger charge is 2.05. The summed E-state index contributed by atoms with van der Waals surface area (Å²) in [6.45, 7) is 6.59. The number of rotatable bonds is 10. The minimum atomic E-state index is 0.0803. The quantitative estimate of drug-likeness (QED) is 0.649. The fourth-order valence-corrected chi connectivity index (χ4v) is 2.06. The van der Waals surface area contributed by atoms with Gasteiger partial charge < -0.3 is 20.1 Å². The summed E-state index contributed by atoms with van der Waals surface area (Å²) in [5.74, 6) is 2.11. The molecule has 0 atom stereocenters. The fraction of sp³-hybridized carbons (Fsp3) is 0.588. The number of benzene rings is 1. The maximum absolute atomic E-state index is 11.7. The van der Waals surface area contributed by atoms with Crippen molar-refractivity contribution in [2.45, 2.75) is 26.7 Å². The van der Waals surface area contributed by atoms with Gasteiger partial charge in [0.15, 0.2) is 11.5 Å². The smallest absolute Gasteiger partial charge is 0.221 e. The molecular weight excluding hydrogens is 280 g/mol. The van der Waals surface area contributed by atoms with Crippen molar-refractivity contribution in [2.75, 3.05) is 33.9 Å². The maximum Gasteiger partial charge on any atom is 0.221 e. The predicted molar refractivity (Wildman–Crippen MR) is 88.6 cm³/mol. The van der Waals surface area contributed by atoms with Crippen molar-refractivity contribution in [2.24, 2.45) is 5.92 Å². The largest absolute Gasteiger partial charge is 0.493 e. The van der Waals surface area contributed by atoms with Crippen molar-refractivity contribution in [3.8, 4) is 11.5 Å². The van der Waals surface area contributed by atoms with Crippen molar-refractivity contribution in [1.82, 2.24) is 10.6 Å². The highest BCUT2D eigenvalue weighted by atomic mass is 16.5. The van der Waals surface area contributed by atoms with Gasteiger partial charge in [-0.2, -0.15) is 0 Å². The second-order valence-electron chi connectivity index (χ2n) is 5.64. The maximum atomic E-state index is 11.7. The van der Waals surface area contributed by atoms with Crippen LogP contribution in [-0.2, 0) is 11.2 Å². The van der Waals surface area contributed by atoms with Crippen LogP contribution in [0.5, 0.6) is 11.5 Å². The van der Waals surface area contributed by atoms with Crippen LogP contribution in [0.4, 0.5) is 0 Å². The molecule has 5 heteroatoms. The van der Waals surface area contributed by atoms with E-state index in [9.17, 15) is 4.79 Å². The number of amides is 1. The van der Waals surface area contributed by atoms with Crippen molar-refractivity contribution < 1.29 is 14.3 Å². The summed E-state index contributed by atoms with van der Waals surface area (Å²) in [5.41, 5.74) is 1.11. The summed E-state index contributed by atoms with van der Waals surface area (Å²) < 4.78 is 10.5. The minimum Gasteiger partial charge on any atom is -0.493 e. The Morgan fingerprint density at radius 1 is 1.14 bits per heavy atom. The summed E-state index contributed by atoms with van der Waals surface area (Å²) in [4.78, 5) is 11.7. The van der Waals surface area contributed by atoms with Gasteiger partial charge in [0, 0.05) is 19.5 Å². The summed E-state index contributed by atoms with van der Waals surface area (Å²) in [7, 11) is 3.23. The molecule has 0 saturated carbocycles. The molecular formula is C17H28N2O3. The van der Waals surface area contributed by atoms with Gasteiger partial charge in [0.05, 0.1) is 14.2 Å². The molecule has 1 amide bonds. The van der Waals surface area contributed by atoms with Gasteiger partial charge in [0.25, 0.3) is 0 Å². The highest BCUT2D eigenvalue weighted by Crippen LogP contribution is 2.27. The van der Waals surface area contributed by atoms with E-state index in [0.717, 1.165) is 25.1 Å². The first-order valence-corrected chi connectivity index (χ1v) is 7.75. The molecule has 0 bridgehead atoms. The lowest BCUT2D eigenvalue weighted by Gasteiger charge is -2.10. The highest BCUT2D eigenvalue weighted by molar-refractivity contribution is 5.76. The molecule has 0 aliphatic rings. The zero-order valence-electron chi connectivity index (χ0n) is 14.1. The minimum absolute atomic E-state index is 0.0803. The van der Waals surface area contributed by atoms with Gasteiger partial charge in [-0.15, -0.1) is 0 Å². The van der Waals surface area contributed by atoms with Crippen molar-refractivity contribution in [3.63, 3.8) is 0 Å². The predicted octanol–water partition coefficient (Wildman–Crippen LogP) is 2.00. The monoisotopic (exact) mass is 308 g/mol. The molecule has 0 aromatic heterocycles. The molecule has 1 rings (SSSR count). The number of nitrogens with one attached hydrogen (secondary N) is 2. The summed E-state index contributed by atoms with van der Waals surface area (Å²) >= 11 is 0. The Balaban J connectivity index is 2.27. The lowest BCUT2D eigenvalue weighted by molar-refractivity contribution is -0.120. The molecule has 0 spiro atoms. The molecule has 124 valence electrons. The SMILES string of the molecule is COc1ccc(CCNC(=O)CCNCC(C)C)cc1OC. The number of hydrogen-bond acceptors (Lipinski definition) is 4. The third-order valence-electron chi connectivity index (χ3n) is 3.27. The summed E-state index contributed by atoms with van der Waals surface area (Å²) in [6, 6.07) is 5.80. The van der Waals surface area contributed by atoms with Gasteiger partial charge >= 0.3 is 0 Å². The van der Waals surface area contributed by atoms with E-state index in [4.69, 9.17) is 9.47 Å². The summed E-state index contributed by atoms with van der Waals surface area (Å²) in [6.07, 6.45) is 1.28. The Morgan fingerprint density at radius 3 is 2.50 bits per heavy atom. The Kier molecular flexibility index (Phi) is 8.36. The normalized spacial score (nSPS) is 10.6. The molecule has 2 N–H and O–H groups in total. The number of carbonyl (C=O) groups excluding carboxylic acids is 1. The van der Waals surface area contributed by atoms with E-state index >= 15 is 0 Å². The van der Waals surface area contributed by atoms with Crippen molar-refractivity contribution in [3.05, 3.63) is 23.8 Å². The average Bonchev–Trinajstić information content (AvgIpc) is 2.51. The molecule has 1 aromatic rings. The first-order chi connectivity index (χ1) is 10.6. The lowest BCUT2D eigenvalue weighted by Crippen LogP contribution is -2.30. The number of methoxy groups -OCH3 is 2. The van der Waals surface area contributed by atoms with E-state index in [1.807, 2.05) is 18.2 Å². The number of carbonyl (C=O) groups is 1. The lowest BCUT2D eigenvalue weighted by atomic mass is 10.1. The zero-order chi connectivity index (χ0) is 16.4. The van der Waals surface area contributed by atoms with Crippen LogP contribution in [0.3, 0.4) is 0 Å². The molecule has 22 heavy (non-hydrogen) atoms. The van der Waals surface area contributed by atoms with Crippen molar-refractivity contribution in [1.29, 1.82) is 0 Å². The van der Waals surface area contributed by atoms with E-state index < -0.39 is 0 Å². The van der Waals surface area contributed by atoms with Crippen LogP contribution in [-0.4, -0.2) is 39.8 Å². The Labute approximate surface area is 133 Å². The third kappa shape index (κ3) is 6.80. The van der Waals surface area contributed by atoms with Crippen LogP contribution in [0.2, 0.25) is 0 Å². The average molecular weight is 308 g/mol. The number of hydrogen-bond donors (Lipinski definition) is 2. The van der Waals surface area contributed by atoms with Crippen LogP contribution >= 0.6 is 0 Å². The van der Waals surface area contributed by atoms with Gasteiger partial charge in [-0.25, -0.2) is 0 Å². The van der Waals surface area contributed by atoms with E-state index in [0.29, 0.717) is 30.4 Å². The fourth-order valence-electron chi connectivity index (χ4n) is 2.06. The molecule has 0 unspecified atom stereocenters. The molecule has 1 aromatic carbocycles. The Morgan fingerprint density at radius 2 is 1.86 bits per heavy atom. The van der Waals surface area contributed by atoms with E-state index in [1.165, 1.54) is 0 Å². The van der Waals surface area contributed by atoms with Crippen LogP contribution in [0, 0.1) is 5.92 Å². The molecule has 0 fully saturated rings. The van der Waals surface area contributed by atoms with E-state index in [2.05, 4.69) is 24.5 Å². The number of ether oxygens (including phenoxy) is 2. The Hall–Kier alpha value is -1.75. The molecule has 0 aliphatic heterocycles. The van der Waals surface area contributed by atoms with Crippen LogP contribution in [0.15, 0.2) is 18.2 Å². The van der Waals surface area contributed by atoms with Crippen molar-refractivity contribution >= 4 is 5.91 Å². The van der Waals surface area contributed by atoms with E-state index in [1.54, 1.807) is 14.2 Å². The molecule has 0 heterocycles.